The molecule has 0 atom stereocenters. The Kier molecular flexibility index (Phi) is 6.63. The molecule has 0 fully saturated rings. The van der Waals surface area contributed by atoms with Gasteiger partial charge in [0.25, 0.3) is 0 Å². The second kappa shape index (κ2) is 8.02. The van der Waals surface area contributed by atoms with Gasteiger partial charge >= 0.3 is 0 Å². The minimum Gasteiger partial charge on any atom is -0.493 e. The average Bonchev–Trinajstić information content (AvgIpc) is 2.39. The third-order valence-electron chi connectivity index (χ3n) is 3.46. The fourth-order valence-corrected chi connectivity index (χ4v) is 2.31. The molecule has 1 rings (SSSR count). The number of aryl methyl sites for hydroxylation is 1. The Labute approximate surface area is 111 Å². The van der Waals surface area contributed by atoms with Crippen molar-refractivity contribution in [1.29, 1.82) is 0 Å². The van der Waals surface area contributed by atoms with E-state index in [1.807, 2.05) is 6.07 Å². The van der Waals surface area contributed by atoms with E-state index < -0.39 is 0 Å². The van der Waals surface area contributed by atoms with E-state index in [4.69, 9.17) is 9.47 Å². The van der Waals surface area contributed by atoms with Crippen LogP contribution < -0.4 is 9.47 Å². The summed E-state index contributed by atoms with van der Waals surface area (Å²) in [5.41, 5.74) is 2.59. The van der Waals surface area contributed by atoms with E-state index in [0.717, 1.165) is 17.9 Å². The third kappa shape index (κ3) is 3.94. The van der Waals surface area contributed by atoms with Gasteiger partial charge in [-0.3, -0.25) is 0 Å². The first-order valence-electron chi connectivity index (χ1n) is 6.95. The molecule has 0 saturated heterocycles. The Morgan fingerprint density at radius 1 is 0.944 bits per heavy atom. The van der Waals surface area contributed by atoms with Crippen LogP contribution in [0, 0.1) is 6.92 Å². The van der Waals surface area contributed by atoms with E-state index >= 15 is 0 Å². The van der Waals surface area contributed by atoms with Crippen molar-refractivity contribution in [2.24, 2.45) is 0 Å². The molecule has 0 aliphatic carbocycles. The molecule has 2 heteroatoms. The van der Waals surface area contributed by atoms with Gasteiger partial charge in [0.15, 0.2) is 11.5 Å². The lowest BCUT2D eigenvalue weighted by Gasteiger charge is -2.14. The summed E-state index contributed by atoms with van der Waals surface area (Å²) < 4.78 is 10.7. The number of ether oxygens (including phenoxy) is 2. The minimum absolute atomic E-state index is 0.824. The van der Waals surface area contributed by atoms with Crippen molar-refractivity contribution in [2.75, 3.05) is 14.2 Å². The molecule has 0 bridgehead atoms. The van der Waals surface area contributed by atoms with Gasteiger partial charge in [0, 0.05) is 0 Å². The number of methoxy groups -OCH3 is 2. The van der Waals surface area contributed by atoms with E-state index in [1.54, 1.807) is 14.2 Å². The van der Waals surface area contributed by atoms with Crippen LogP contribution in [0.3, 0.4) is 0 Å². The van der Waals surface area contributed by atoms with Crippen LogP contribution in [-0.2, 0) is 6.42 Å². The van der Waals surface area contributed by atoms with Crippen LogP contribution in [-0.4, -0.2) is 14.2 Å². The van der Waals surface area contributed by atoms with Crippen LogP contribution in [0.2, 0.25) is 0 Å². The Hall–Kier alpha value is -1.18. The molecule has 0 unspecified atom stereocenters. The number of hydrogen-bond donors (Lipinski definition) is 0. The van der Waals surface area contributed by atoms with Gasteiger partial charge < -0.3 is 9.47 Å². The van der Waals surface area contributed by atoms with E-state index in [1.165, 1.54) is 43.2 Å². The molecule has 0 aliphatic heterocycles. The summed E-state index contributed by atoms with van der Waals surface area (Å²) in [5, 5.41) is 0. The van der Waals surface area contributed by atoms with Crippen LogP contribution in [0.25, 0.3) is 0 Å². The second-order valence-corrected chi connectivity index (χ2v) is 4.75. The highest BCUT2D eigenvalue weighted by atomic mass is 16.5. The zero-order valence-corrected chi connectivity index (χ0v) is 12.2. The van der Waals surface area contributed by atoms with Gasteiger partial charge in [-0.1, -0.05) is 38.7 Å². The fourth-order valence-electron chi connectivity index (χ4n) is 2.31. The van der Waals surface area contributed by atoms with Crippen molar-refractivity contribution >= 4 is 0 Å². The number of benzene rings is 1. The first-order valence-corrected chi connectivity index (χ1v) is 6.95. The lowest BCUT2D eigenvalue weighted by molar-refractivity contribution is 0.352. The first kappa shape index (κ1) is 14.9. The van der Waals surface area contributed by atoms with E-state index in [2.05, 4.69) is 19.9 Å². The van der Waals surface area contributed by atoms with Crippen molar-refractivity contribution in [1.82, 2.24) is 0 Å². The summed E-state index contributed by atoms with van der Waals surface area (Å²) >= 11 is 0. The molecule has 0 spiro atoms. The molecule has 1 aromatic carbocycles. The van der Waals surface area contributed by atoms with Gasteiger partial charge in [0.1, 0.15) is 0 Å². The standard InChI is InChI=1S/C16H26O2/c1-5-6-7-8-9-10-14-11-12-15(17-3)16(18-4)13(14)2/h11-12H,5-10H2,1-4H3. The lowest BCUT2D eigenvalue weighted by atomic mass is 10.0. The summed E-state index contributed by atoms with van der Waals surface area (Å²) in [7, 11) is 3.39. The van der Waals surface area contributed by atoms with Crippen molar-refractivity contribution in [2.45, 2.75) is 52.4 Å². The van der Waals surface area contributed by atoms with Gasteiger partial charge in [-0.25, -0.2) is 0 Å². The molecule has 102 valence electrons. The maximum atomic E-state index is 5.43. The molecule has 0 saturated carbocycles. The van der Waals surface area contributed by atoms with Crippen molar-refractivity contribution in [3.05, 3.63) is 23.3 Å². The average molecular weight is 250 g/mol. The van der Waals surface area contributed by atoms with Crippen molar-refractivity contribution in [3.8, 4) is 11.5 Å². The van der Waals surface area contributed by atoms with Gasteiger partial charge in [0.05, 0.1) is 14.2 Å². The quantitative estimate of drug-likeness (QED) is 0.631. The lowest BCUT2D eigenvalue weighted by Crippen LogP contribution is -1.97. The predicted octanol–water partition coefficient (Wildman–Crippen LogP) is 4.53. The second-order valence-electron chi connectivity index (χ2n) is 4.75. The molecule has 0 radical (unpaired) electrons. The molecule has 0 amide bonds. The molecule has 0 aliphatic rings. The normalized spacial score (nSPS) is 10.4. The molecular weight excluding hydrogens is 224 g/mol. The molecule has 18 heavy (non-hydrogen) atoms. The van der Waals surface area contributed by atoms with Crippen LogP contribution >= 0.6 is 0 Å². The Morgan fingerprint density at radius 3 is 2.28 bits per heavy atom. The van der Waals surface area contributed by atoms with Gasteiger partial charge in [-0.2, -0.15) is 0 Å². The molecule has 2 nitrogen and oxygen atoms in total. The van der Waals surface area contributed by atoms with Crippen LogP contribution in [0.15, 0.2) is 12.1 Å². The zero-order valence-electron chi connectivity index (χ0n) is 12.2. The summed E-state index contributed by atoms with van der Waals surface area (Å²) in [6.07, 6.45) is 7.72. The summed E-state index contributed by atoms with van der Waals surface area (Å²) in [6.45, 7) is 4.36. The predicted molar refractivity (Wildman–Crippen MR) is 76.7 cm³/mol. The SMILES string of the molecule is CCCCCCCc1ccc(OC)c(OC)c1C. The smallest absolute Gasteiger partial charge is 0.163 e. The molecule has 0 N–H and O–H groups in total. The number of unbranched alkanes of at least 4 members (excludes halogenated alkanes) is 4. The summed E-state index contributed by atoms with van der Waals surface area (Å²) in [5.74, 6) is 1.70. The largest absolute Gasteiger partial charge is 0.493 e. The summed E-state index contributed by atoms with van der Waals surface area (Å²) in [4.78, 5) is 0. The van der Waals surface area contributed by atoms with E-state index in [0.29, 0.717) is 0 Å². The number of rotatable bonds is 8. The van der Waals surface area contributed by atoms with Gasteiger partial charge in [-0.05, 0) is 37.0 Å². The highest BCUT2D eigenvalue weighted by molar-refractivity contribution is 5.50. The van der Waals surface area contributed by atoms with Crippen LogP contribution in [0.5, 0.6) is 11.5 Å². The van der Waals surface area contributed by atoms with Crippen LogP contribution in [0.4, 0.5) is 0 Å². The van der Waals surface area contributed by atoms with Gasteiger partial charge in [-0.15, -0.1) is 0 Å². The maximum Gasteiger partial charge on any atom is 0.163 e. The van der Waals surface area contributed by atoms with E-state index in [-0.39, 0.29) is 0 Å². The molecule has 1 aromatic rings. The van der Waals surface area contributed by atoms with Crippen molar-refractivity contribution < 1.29 is 9.47 Å². The third-order valence-corrected chi connectivity index (χ3v) is 3.46. The maximum absolute atomic E-state index is 5.43. The Bertz CT molecular complexity index is 358. The van der Waals surface area contributed by atoms with Gasteiger partial charge in [0.2, 0.25) is 0 Å². The fraction of sp³-hybridized carbons (Fsp3) is 0.625. The first-order chi connectivity index (χ1) is 8.74. The topological polar surface area (TPSA) is 18.5 Å². The zero-order chi connectivity index (χ0) is 13.4. The molecule has 0 heterocycles. The van der Waals surface area contributed by atoms with Crippen LogP contribution in [0.1, 0.15) is 50.2 Å². The minimum atomic E-state index is 0.824. The monoisotopic (exact) mass is 250 g/mol. The molecular formula is C16H26O2. The Balaban J connectivity index is 2.61. The Morgan fingerprint density at radius 2 is 1.67 bits per heavy atom. The highest BCUT2D eigenvalue weighted by Gasteiger charge is 2.10. The molecule has 0 aromatic heterocycles. The van der Waals surface area contributed by atoms with Crippen molar-refractivity contribution in [3.63, 3.8) is 0 Å². The number of hydrogen-bond acceptors (Lipinski definition) is 2. The summed E-state index contributed by atoms with van der Waals surface area (Å²) in [6, 6.07) is 4.17. The highest BCUT2D eigenvalue weighted by Crippen LogP contribution is 2.33. The van der Waals surface area contributed by atoms with E-state index in [9.17, 15) is 0 Å².